The minimum Gasteiger partial charge on any atom is -0.481 e. The zero-order valence-corrected chi connectivity index (χ0v) is 11.6. The van der Waals surface area contributed by atoms with E-state index in [0.29, 0.717) is 16.7 Å². The molecule has 0 saturated carbocycles. The molecule has 1 aromatic rings. The van der Waals surface area contributed by atoms with Crippen molar-refractivity contribution in [3.05, 3.63) is 23.9 Å². The molecule has 0 radical (unpaired) electrons. The lowest BCUT2D eigenvalue weighted by molar-refractivity contribution is 0.394. The van der Waals surface area contributed by atoms with Gasteiger partial charge in [-0.1, -0.05) is 28.9 Å². The van der Waals surface area contributed by atoms with E-state index in [9.17, 15) is 0 Å². The summed E-state index contributed by atoms with van der Waals surface area (Å²) in [5.41, 5.74) is 1.01. The van der Waals surface area contributed by atoms with Crippen molar-refractivity contribution in [2.45, 2.75) is 37.7 Å². The van der Waals surface area contributed by atoms with Crippen molar-refractivity contribution in [3.8, 4) is 5.88 Å². The molecule has 0 spiro atoms. The fourth-order valence-electron chi connectivity index (χ4n) is 1.52. The molecule has 2 unspecified atom stereocenters. The van der Waals surface area contributed by atoms with Crippen LogP contribution in [0, 0.1) is 0 Å². The van der Waals surface area contributed by atoms with Gasteiger partial charge >= 0.3 is 0 Å². The van der Waals surface area contributed by atoms with Crippen molar-refractivity contribution >= 4 is 15.9 Å². The van der Waals surface area contributed by atoms with Crippen molar-refractivity contribution in [1.29, 1.82) is 0 Å². The molecular formula is C12H19BrN2O. The van der Waals surface area contributed by atoms with Crippen LogP contribution in [0.3, 0.4) is 0 Å². The molecule has 3 nitrogen and oxygen atoms in total. The molecule has 0 bridgehead atoms. The molecule has 1 N–H and O–H groups in total. The molecular weight excluding hydrogens is 268 g/mol. The quantitative estimate of drug-likeness (QED) is 0.817. The molecule has 0 aromatic carbocycles. The van der Waals surface area contributed by atoms with Crippen molar-refractivity contribution in [3.63, 3.8) is 0 Å². The molecule has 4 heteroatoms. The second-order valence-corrected chi connectivity index (χ2v) is 5.53. The van der Waals surface area contributed by atoms with Gasteiger partial charge in [-0.15, -0.1) is 0 Å². The predicted octanol–water partition coefficient (Wildman–Crippen LogP) is 2.74. The molecule has 1 rings (SSSR count). The van der Waals surface area contributed by atoms with Gasteiger partial charge in [0.15, 0.2) is 0 Å². The van der Waals surface area contributed by atoms with Gasteiger partial charge in [-0.3, -0.25) is 0 Å². The number of nitrogens with one attached hydrogen (secondary N) is 1. The first-order valence-corrected chi connectivity index (χ1v) is 6.40. The lowest BCUT2D eigenvalue weighted by atomic mass is 10.2. The van der Waals surface area contributed by atoms with E-state index in [4.69, 9.17) is 4.74 Å². The number of aromatic nitrogens is 1. The van der Waals surface area contributed by atoms with Crippen molar-refractivity contribution in [1.82, 2.24) is 10.3 Å². The third-order valence-corrected chi connectivity index (χ3v) is 2.67. The van der Waals surface area contributed by atoms with Crippen LogP contribution < -0.4 is 10.1 Å². The Morgan fingerprint density at radius 1 is 1.44 bits per heavy atom. The third-order valence-electron chi connectivity index (χ3n) is 2.30. The predicted molar refractivity (Wildman–Crippen MR) is 70.1 cm³/mol. The largest absolute Gasteiger partial charge is 0.481 e. The van der Waals surface area contributed by atoms with Gasteiger partial charge in [0.2, 0.25) is 5.88 Å². The van der Waals surface area contributed by atoms with Gasteiger partial charge in [-0.05, 0) is 19.4 Å². The maximum absolute atomic E-state index is 5.08. The smallest absolute Gasteiger partial charge is 0.213 e. The standard InChI is InChI=1S/C12H19BrN2O/c1-9(13)7-10(2)14-8-11-5-4-6-12(15-11)16-3/h4-6,9-10,14H,7-8H2,1-3H3. The van der Waals surface area contributed by atoms with Crippen LogP contribution >= 0.6 is 15.9 Å². The number of halogens is 1. The zero-order chi connectivity index (χ0) is 12.0. The summed E-state index contributed by atoms with van der Waals surface area (Å²) in [6.45, 7) is 5.11. The molecule has 0 amide bonds. The van der Waals surface area contributed by atoms with Crippen molar-refractivity contribution < 1.29 is 4.74 Å². The first kappa shape index (κ1) is 13.5. The third kappa shape index (κ3) is 4.94. The zero-order valence-electron chi connectivity index (χ0n) is 10.0. The molecule has 2 atom stereocenters. The van der Waals surface area contributed by atoms with E-state index in [1.165, 1.54) is 0 Å². The summed E-state index contributed by atoms with van der Waals surface area (Å²) in [6, 6.07) is 6.29. The number of hydrogen-bond donors (Lipinski definition) is 1. The number of ether oxygens (including phenoxy) is 1. The van der Waals surface area contributed by atoms with Gasteiger partial charge in [0.05, 0.1) is 12.8 Å². The van der Waals surface area contributed by atoms with Crippen molar-refractivity contribution in [2.24, 2.45) is 0 Å². The van der Waals surface area contributed by atoms with Crippen LogP contribution in [-0.4, -0.2) is 23.0 Å². The maximum Gasteiger partial charge on any atom is 0.213 e. The number of hydrogen-bond acceptors (Lipinski definition) is 3. The Hall–Kier alpha value is -0.610. The normalized spacial score (nSPS) is 14.5. The highest BCUT2D eigenvalue weighted by molar-refractivity contribution is 9.09. The SMILES string of the molecule is COc1cccc(CNC(C)CC(C)Br)n1. The van der Waals surface area contributed by atoms with E-state index < -0.39 is 0 Å². The Kier molecular flexibility index (Phi) is 5.77. The Balaban J connectivity index is 2.41. The fourth-order valence-corrected chi connectivity index (χ4v) is 2.08. The average molecular weight is 287 g/mol. The lowest BCUT2D eigenvalue weighted by Gasteiger charge is -2.14. The Labute approximate surface area is 106 Å². The minimum absolute atomic E-state index is 0.474. The first-order valence-electron chi connectivity index (χ1n) is 5.49. The van der Waals surface area contributed by atoms with Crippen LogP contribution in [0.25, 0.3) is 0 Å². The Morgan fingerprint density at radius 3 is 2.81 bits per heavy atom. The summed E-state index contributed by atoms with van der Waals surface area (Å²) in [5, 5.41) is 3.43. The second-order valence-electron chi connectivity index (χ2n) is 3.97. The Morgan fingerprint density at radius 2 is 2.19 bits per heavy atom. The fraction of sp³-hybridized carbons (Fsp3) is 0.583. The summed E-state index contributed by atoms with van der Waals surface area (Å²) in [7, 11) is 1.63. The topological polar surface area (TPSA) is 34.1 Å². The van der Waals surface area contributed by atoms with Gasteiger partial charge in [0.25, 0.3) is 0 Å². The number of alkyl halides is 1. The number of rotatable bonds is 6. The molecule has 0 aliphatic heterocycles. The van der Waals surface area contributed by atoms with Crippen LogP contribution in [0.15, 0.2) is 18.2 Å². The number of pyridine rings is 1. The molecule has 1 aromatic heterocycles. The van der Waals surface area contributed by atoms with E-state index in [1.807, 2.05) is 18.2 Å². The summed E-state index contributed by atoms with van der Waals surface area (Å²) in [6.07, 6.45) is 1.10. The van der Waals surface area contributed by atoms with E-state index in [1.54, 1.807) is 7.11 Å². The van der Waals surface area contributed by atoms with Gasteiger partial charge in [0.1, 0.15) is 0 Å². The lowest BCUT2D eigenvalue weighted by Crippen LogP contribution is -2.27. The van der Waals surface area contributed by atoms with E-state index in [0.717, 1.165) is 18.7 Å². The first-order chi connectivity index (χ1) is 7.61. The monoisotopic (exact) mass is 286 g/mol. The average Bonchev–Trinajstić information content (AvgIpc) is 2.26. The van der Waals surface area contributed by atoms with Crippen LogP contribution in [0.2, 0.25) is 0 Å². The summed E-state index contributed by atoms with van der Waals surface area (Å²) >= 11 is 3.55. The molecule has 0 aliphatic carbocycles. The molecule has 16 heavy (non-hydrogen) atoms. The molecule has 1 heterocycles. The molecule has 0 fully saturated rings. The highest BCUT2D eigenvalue weighted by atomic mass is 79.9. The summed E-state index contributed by atoms with van der Waals surface area (Å²) in [5.74, 6) is 0.667. The van der Waals surface area contributed by atoms with Crippen LogP contribution in [0.5, 0.6) is 5.88 Å². The second kappa shape index (κ2) is 6.86. The highest BCUT2D eigenvalue weighted by Gasteiger charge is 2.05. The molecule has 0 aliphatic rings. The maximum atomic E-state index is 5.08. The Bertz CT molecular complexity index is 318. The van der Waals surface area contributed by atoms with Gasteiger partial charge in [0, 0.05) is 23.5 Å². The van der Waals surface area contributed by atoms with Gasteiger partial charge < -0.3 is 10.1 Å². The van der Waals surface area contributed by atoms with E-state index in [-0.39, 0.29) is 0 Å². The number of methoxy groups -OCH3 is 1. The summed E-state index contributed by atoms with van der Waals surface area (Å²) in [4.78, 5) is 4.88. The summed E-state index contributed by atoms with van der Waals surface area (Å²) < 4.78 is 5.08. The van der Waals surface area contributed by atoms with Crippen LogP contribution in [-0.2, 0) is 6.54 Å². The van der Waals surface area contributed by atoms with Crippen LogP contribution in [0.1, 0.15) is 26.0 Å². The van der Waals surface area contributed by atoms with Gasteiger partial charge in [-0.2, -0.15) is 0 Å². The number of nitrogens with zero attached hydrogens (tertiary/aromatic N) is 1. The van der Waals surface area contributed by atoms with Gasteiger partial charge in [-0.25, -0.2) is 4.98 Å². The highest BCUT2D eigenvalue weighted by Crippen LogP contribution is 2.09. The molecule has 0 saturated heterocycles. The minimum atomic E-state index is 0.474. The van der Waals surface area contributed by atoms with Crippen molar-refractivity contribution in [2.75, 3.05) is 7.11 Å². The van der Waals surface area contributed by atoms with E-state index >= 15 is 0 Å². The van der Waals surface area contributed by atoms with Crippen LogP contribution in [0.4, 0.5) is 0 Å². The molecule has 90 valence electrons. The van der Waals surface area contributed by atoms with E-state index in [2.05, 4.69) is 40.1 Å².